The maximum Gasteiger partial charge on any atom is 0.260 e. The number of carbonyl (C=O) groups excluding carboxylic acids is 1. The molecular weight excluding hydrogens is 356 g/mol. The number of nitrogens with zero attached hydrogens (tertiary/aromatic N) is 3. The number of ether oxygens (including phenoxy) is 2. The third-order valence-corrected chi connectivity index (χ3v) is 4.95. The average Bonchev–Trinajstić information content (AvgIpc) is 3.15. The first kappa shape index (κ1) is 19.8. The summed E-state index contributed by atoms with van der Waals surface area (Å²) in [5.41, 5.74) is 3.44. The van der Waals surface area contributed by atoms with Gasteiger partial charge < -0.3 is 14.8 Å². The Morgan fingerprint density at radius 1 is 1.43 bits per heavy atom. The van der Waals surface area contributed by atoms with Crippen molar-refractivity contribution in [3.63, 3.8) is 0 Å². The fourth-order valence-corrected chi connectivity index (χ4v) is 3.42. The molecule has 7 nitrogen and oxygen atoms in total. The van der Waals surface area contributed by atoms with Crippen molar-refractivity contribution in [3.8, 4) is 5.75 Å². The lowest BCUT2D eigenvalue weighted by atomic mass is 9.88. The zero-order valence-corrected chi connectivity index (χ0v) is 16.6. The molecule has 1 aliphatic rings. The lowest BCUT2D eigenvalue weighted by Gasteiger charge is -2.25. The number of amidine groups is 1. The molecular formula is C21H26N4O3. The van der Waals surface area contributed by atoms with Crippen LogP contribution in [0.4, 0.5) is 5.69 Å². The van der Waals surface area contributed by atoms with Gasteiger partial charge in [-0.2, -0.15) is 5.10 Å². The van der Waals surface area contributed by atoms with E-state index in [1.807, 2.05) is 13.0 Å². The predicted octanol–water partition coefficient (Wildman–Crippen LogP) is 3.28. The number of carbonyl (C=O) groups is 1. The number of rotatable bonds is 5. The van der Waals surface area contributed by atoms with E-state index in [1.54, 1.807) is 25.0 Å². The van der Waals surface area contributed by atoms with Gasteiger partial charge in [-0.05, 0) is 49.0 Å². The zero-order valence-electron chi connectivity index (χ0n) is 16.6. The highest BCUT2D eigenvalue weighted by Gasteiger charge is 2.21. The molecule has 148 valence electrons. The van der Waals surface area contributed by atoms with E-state index in [0.29, 0.717) is 28.8 Å². The van der Waals surface area contributed by atoms with Gasteiger partial charge in [0.15, 0.2) is 0 Å². The minimum atomic E-state index is -0.288. The third-order valence-electron chi connectivity index (χ3n) is 4.95. The van der Waals surface area contributed by atoms with Crippen molar-refractivity contribution in [2.45, 2.75) is 25.7 Å². The third kappa shape index (κ3) is 4.31. The zero-order chi connectivity index (χ0) is 20.1. The Kier molecular flexibility index (Phi) is 6.26. The molecule has 1 aromatic heterocycles. The normalized spacial score (nSPS) is 15.3. The number of aromatic nitrogens is 2. The largest absolute Gasteiger partial charge is 0.494 e. The van der Waals surface area contributed by atoms with Crippen molar-refractivity contribution in [2.24, 2.45) is 12.0 Å². The fourth-order valence-electron chi connectivity index (χ4n) is 3.42. The number of hydrogen-bond acceptors (Lipinski definition) is 5. The Bertz CT molecular complexity index is 895. The van der Waals surface area contributed by atoms with E-state index in [4.69, 9.17) is 9.47 Å². The van der Waals surface area contributed by atoms with E-state index >= 15 is 0 Å². The van der Waals surface area contributed by atoms with Crippen molar-refractivity contribution in [3.05, 3.63) is 53.9 Å². The van der Waals surface area contributed by atoms with Crippen molar-refractivity contribution in [2.75, 3.05) is 20.3 Å². The molecule has 3 rings (SSSR count). The number of aliphatic imine (C=N–C) groups is 1. The molecule has 28 heavy (non-hydrogen) atoms. The number of benzene rings is 1. The van der Waals surface area contributed by atoms with Gasteiger partial charge in [-0.15, -0.1) is 0 Å². The number of aryl methyl sites for hydroxylation is 1. The van der Waals surface area contributed by atoms with E-state index in [2.05, 4.69) is 28.1 Å². The van der Waals surface area contributed by atoms with Crippen LogP contribution in [0.5, 0.6) is 5.75 Å². The van der Waals surface area contributed by atoms with E-state index in [-0.39, 0.29) is 5.91 Å². The van der Waals surface area contributed by atoms with Crippen molar-refractivity contribution >= 4 is 17.4 Å². The Hall–Kier alpha value is -2.93. The molecule has 1 saturated heterocycles. The van der Waals surface area contributed by atoms with Crippen LogP contribution >= 0.6 is 0 Å². The van der Waals surface area contributed by atoms with E-state index in [0.717, 1.165) is 31.6 Å². The van der Waals surface area contributed by atoms with Crippen LogP contribution in [-0.2, 0) is 11.8 Å². The topological polar surface area (TPSA) is 77.7 Å². The van der Waals surface area contributed by atoms with Crippen LogP contribution in [0.25, 0.3) is 0 Å². The minimum absolute atomic E-state index is 0.288. The van der Waals surface area contributed by atoms with Gasteiger partial charge >= 0.3 is 0 Å². The molecule has 1 fully saturated rings. The maximum absolute atomic E-state index is 12.4. The van der Waals surface area contributed by atoms with Gasteiger partial charge in [-0.3, -0.25) is 9.48 Å². The second-order valence-corrected chi connectivity index (χ2v) is 6.78. The molecule has 1 amide bonds. The molecule has 0 spiro atoms. The van der Waals surface area contributed by atoms with Crippen LogP contribution in [0, 0.1) is 6.92 Å². The first-order chi connectivity index (χ1) is 13.5. The predicted molar refractivity (Wildman–Crippen MR) is 108 cm³/mol. The molecule has 0 saturated carbocycles. The highest BCUT2D eigenvalue weighted by Crippen LogP contribution is 2.39. The SMILES string of the molecule is C=C/C(=N\c1c(OC)ccc(C2CCOCC2)c1C)NC(=O)c1cnn(C)c1. The van der Waals surface area contributed by atoms with Crippen LogP contribution < -0.4 is 10.1 Å². The summed E-state index contributed by atoms with van der Waals surface area (Å²) in [7, 11) is 3.37. The van der Waals surface area contributed by atoms with Gasteiger partial charge in [0, 0.05) is 26.5 Å². The molecule has 1 aromatic carbocycles. The smallest absolute Gasteiger partial charge is 0.260 e. The van der Waals surface area contributed by atoms with Gasteiger partial charge in [-0.25, -0.2) is 4.99 Å². The summed E-state index contributed by atoms with van der Waals surface area (Å²) in [6.45, 7) is 7.36. The molecule has 2 aromatic rings. The van der Waals surface area contributed by atoms with Crippen LogP contribution in [0.2, 0.25) is 0 Å². The average molecular weight is 382 g/mol. The lowest BCUT2D eigenvalue weighted by molar-refractivity contribution is 0.0852. The van der Waals surface area contributed by atoms with Gasteiger partial charge in [0.1, 0.15) is 17.3 Å². The second-order valence-electron chi connectivity index (χ2n) is 6.78. The molecule has 7 heteroatoms. The summed E-state index contributed by atoms with van der Waals surface area (Å²) in [6, 6.07) is 4.03. The first-order valence-electron chi connectivity index (χ1n) is 9.29. The van der Waals surface area contributed by atoms with Gasteiger partial charge in [0.25, 0.3) is 5.91 Å². The highest BCUT2D eigenvalue weighted by molar-refractivity contribution is 6.10. The summed E-state index contributed by atoms with van der Waals surface area (Å²) in [5, 5.41) is 6.81. The standard InChI is InChI=1S/C21H26N4O3/c1-5-19(24-21(26)16-12-22-25(3)13-16)23-20-14(2)17(6-7-18(20)27-4)15-8-10-28-11-9-15/h5-7,12-13,15H,1,8-11H2,2-4H3,(H,23,24,26). The Morgan fingerprint density at radius 2 is 2.18 bits per heavy atom. The van der Waals surface area contributed by atoms with Gasteiger partial charge in [0.2, 0.25) is 0 Å². The Labute approximate surface area is 165 Å². The first-order valence-corrected chi connectivity index (χ1v) is 9.29. The molecule has 0 radical (unpaired) electrons. The van der Waals surface area contributed by atoms with Gasteiger partial charge in [-0.1, -0.05) is 12.6 Å². The maximum atomic E-state index is 12.4. The molecule has 0 bridgehead atoms. The Balaban J connectivity index is 1.92. The Morgan fingerprint density at radius 3 is 2.79 bits per heavy atom. The van der Waals surface area contributed by atoms with Crippen LogP contribution in [0.1, 0.15) is 40.2 Å². The molecule has 0 unspecified atom stereocenters. The molecule has 2 heterocycles. The molecule has 0 aliphatic carbocycles. The fraction of sp³-hybridized carbons (Fsp3) is 0.381. The van der Waals surface area contributed by atoms with Crippen LogP contribution in [0.15, 0.2) is 42.2 Å². The van der Waals surface area contributed by atoms with E-state index < -0.39 is 0 Å². The summed E-state index contributed by atoms with van der Waals surface area (Å²) in [4.78, 5) is 17.1. The highest BCUT2D eigenvalue weighted by atomic mass is 16.5. The minimum Gasteiger partial charge on any atom is -0.494 e. The lowest BCUT2D eigenvalue weighted by Crippen LogP contribution is -2.28. The molecule has 0 atom stereocenters. The number of methoxy groups -OCH3 is 1. The number of amides is 1. The summed E-state index contributed by atoms with van der Waals surface area (Å²) in [5.74, 6) is 1.16. The molecule has 1 aliphatic heterocycles. The monoisotopic (exact) mass is 382 g/mol. The van der Waals surface area contributed by atoms with Crippen molar-refractivity contribution < 1.29 is 14.3 Å². The molecule has 1 N–H and O–H groups in total. The summed E-state index contributed by atoms with van der Waals surface area (Å²) in [6.07, 6.45) is 6.65. The number of nitrogens with one attached hydrogen (secondary N) is 1. The van der Waals surface area contributed by atoms with Gasteiger partial charge in [0.05, 0.1) is 18.9 Å². The van der Waals surface area contributed by atoms with Crippen LogP contribution in [0.3, 0.4) is 0 Å². The van der Waals surface area contributed by atoms with E-state index in [9.17, 15) is 4.79 Å². The summed E-state index contributed by atoms with van der Waals surface area (Å²) < 4.78 is 12.6. The number of hydrogen-bond donors (Lipinski definition) is 1. The van der Waals surface area contributed by atoms with E-state index in [1.165, 1.54) is 17.8 Å². The van der Waals surface area contributed by atoms with Crippen LogP contribution in [-0.4, -0.2) is 41.8 Å². The van der Waals surface area contributed by atoms with Crippen molar-refractivity contribution in [1.82, 2.24) is 15.1 Å². The van der Waals surface area contributed by atoms with Crippen molar-refractivity contribution in [1.29, 1.82) is 0 Å². The summed E-state index contributed by atoms with van der Waals surface area (Å²) >= 11 is 0. The quantitative estimate of drug-likeness (QED) is 0.636. The second kappa shape index (κ2) is 8.84.